The molecule has 1 N–H and O–H groups in total. The lowest BCUT2D eigenvalue weighted by Crippen LogP contribution is -2.19. The van der Waals surface area contributed by atoms with E-state index in [1.807, 2.05) is 49.4 Å². The van der Waals surface area contributed by atoms with Crippen molar-refractivity contribution in [3.63, 3.8) is 0 Å². The lowest BCUT2D eigenvalue weighted by molar-refractivity contribution is -0.116. The third kappa shape index (κ3) is 4.72. The van der Waals surface area contributed by atoms with Crippen molar-refractivity contribution in [1.29, 1.82) is 5.26 Å². The van der Waals surface area contributed by atoms with E-state index >= 15 is 0 Å². The Morgan fingerprint density at radius 2 is 1.83 bits per heavy atom. The van der Waals surface area contributed by atoms with Gasteiger partial charge in [0.1, 0.15) is 24.0 Å². The molecular weight excluding hydrogens is 288 g/mol. The zero-order valence-corrected chi connectivity index (χ0v) is 13.2. The van der Waals surface area contributed by atoms with Crippen LogP contribution in [-0.2, 0) is 11.4 Å². The maximum absolute atomic E-state index is 11.5. The van der Waals surface area contributed by atoms with Crippen molar-refractivity contribution >= 4 is 12.0 Å². The number of ether oxygens (including phenoxy) is 1. The predicted molar refractivity (Wildman–Crippen MR) is 89.6 cm³/mol. The fourth-order valence-electron chi connectivity index (χ4n) is 1.96. The first-order valence-electron chi connectivity index (χ1n) is 7.24. The number of nitrogens with zero attached hydrogens (tertiary/aromatic N) is 1. The quantitative estimate of drug-likeness (QED) is 0.681. The molecule has 0 atom stereocenters. The van der Waals surface area contributed by atoms with Crippen LogP contribution in [0.1, 0.15) is 16.7 Å². The second kappa shape index (κ2) is 7.81. The third-order valence-electron chi connectivity index (χ3n) is 3.31. The van der Waals surface area contributed by atoms with Crippen LogP contribution in [0, 0.1) is 18.3 Å². The summed E-state index contributed by atoms with van der Waals surface area (Å²) in [6, 6.07) is 17.3. The molecule has 0 saturated carbocycles. The van der Waals surface area contributed by atoms with E-state index in [9.17, 15) is 4.79 Å². The van der Waals surface area contributed by atoms with Gasteiger partial charge in [-0.1, -0.05) is 42.0 Å². The molecule has 4 heteroatoms. The molecular formula is C19H18N2O2. The number of amides is 1. The van der Waals surface area contributed by atoms with E-state index in [4.69, 9.17) is 10.00 Å². The first-order chi connectivity index (χ1) is 11.1. The number of nitriles is 1. The summed E-state index contributed by atoms with van der Waals surface area (Å²) in [6.45, 7) is 2.54. The highest BCUT2D eigenvalue weighted by atomic mass is 16.5. The van der Waals surface area contributed by atoms with E-state index in [-0.39, 0.29) is 5.57 Å². The first kappa shape index (κ1) is 16.3. The molecule has 4 nitrogen and oxygen atoms in total. The van der Waals surface area contributed by atoms with Gasteiger partial charge in [0.05, 0.1) is 0 Å². The fraction of sp³-hybridized carbons (Fsp3) is 0.158. The number of hydrogen-bond acceptors (Lipinski definition) is 3. The van der Waals surface area contributed by atoms with Crippen LogP contribution in [0.15, 0.2) is 54.1 Å². The lowest BCUT2D eigenvalue weighted by Gasteiger charge is -2.07. The topological polar surface area (TPSA) is 62.1 Å². The Kier molecular flexibility index (Phi) is 5.54. The van der Waals surface area contributed by atoms with Crippen molar-refractivity contribution in [3.8, 4) is 11.8 Å². The van der Waals surface area contributed by atoms with Gasteiger partial charge in [0.25, 0.3) is 5.91 Å². The number of rotatable bonds is 5. The number of hydrogen-bond donors (Lipinski definition) is 1. The third-order valence-corrected chi connectivity index (χ3v) is 3.31. The summed E-state index contributed by atoms with van der Waals surface area (Å²) in [7, 11) is 1.50. The van der Waals surface area contributed by atoms with Crippen LogP contribution in [0.3, 0.4) is 0 Å². The van der Waals surface area contributed by atoms with E-state index in [0.717, 1.165) is 16.9 Å². The molecule has 1 amide bonds. The number of aryl methyl sites for hydroxylation is 1. The van der Waals surface area contributed by atoms with Gasteiger partial charge in [-0.05, 0) is 36.3 Å². The maximum atomic E-state index is 11.5. The number of benzene rings is 2. The molecule has 2 rings (SSSR count). The highest BCUT2D eigenvalue weighted by Crippen LogP contribution is 2.16. The fourth-order valence-corrected chi connectivity index (χ4v) is 1.96. The van der Waals surface area contributed by atoms with Crippen LogP contribution in [-0.4, -0.2) is 13.0 Å². The smallest absolute Gasteiger partial charge is 0.261 e. The lowest BCUT2D eigenvalue weighted by atomic mass is 10.1. The van der Waals surface area contributed by atoms with Gasteiger partial charge < -0.3 is 10.1 Å². The van der Waals surface area contributed by atoms with Gasteiger partial charge in [-0.25, -0.2) is 0 Å². The van der Waals surface area contributed by atoms with E-state index < -0.39 is 5.91 Å². The van der Waals surface area contributed by atoms with Gasteiger partial charge in [-0.2, -0.15) is 5.26 Å². The predicted octanol–water partition coefficient (Wildman–Crippen LogP) is 3.23. The molecule has 2 aromatic rings. The minimum Gasteiger partial charge on any atom is -0.489 e. The molecule has 0 aliphatic carbocycles. The normalized spacial score (nSPS) is 10.7. The Morgan fingerprint density at radius 1 is 1.17 bits per heavy atom. The molecule has 0 heterocycles. The molecule has 0 spiro atoms. The molecule has 23 heavy (non-hydrogen) atoms. The molecule has 0 unspecified atom stereocenters. The van der Waals surface area contributed by atoms with Crippen molar-refractivity contribution in [1.82, 2.24) is 5.32 Å². The van der Waals surface area contributed by atoms with Crippen molar-refractivity contribution in [2.24, 2.45) is 0 Å². The summed E-state index contributed by atoms with van der Waals surface area (Å²) in [5.74, 6) is 0.341. The first-order valence-corrected chi connectivity index (χ1v) is 7.24. The Labute approximate surface area is 136 Å². The second-order valence-corrected chi connectivity index (χ2v) is 5.09. The molecule has 0 aromatic heterocycles. The van der Waals surface area contributed by atoms with Crippen LogP contribution in [0.5, 0.6) is 5.75 Å². The summed E-state index contributed by atoms with van der Waals surface area (Å²) in [4.78, 5) is 11.5. The van der Waals surface area contributed by atoms with E-state index in [2.05, 4.69) is 17.4 Å². The van der Waals surface area contributed by atoms with Gasteiger partial charge in [0, 0.05) is 7.05 Å². The van der Waals surface area contributed by atoms with Crippen molar-refractivity contribution in [2.75, 3.05) is 7.05 Å². The monoisotopic (exact) mass is 306 g/mol. The van der Waals surface area contributed by atoms with Gasteiger partial charge in [-0.15, -0.1) is 0 Å². The molecule has 0 saturated heterocycles. The average Bonchev–Trinajstić information content (AvgIpc) is 2.59. The zero-order valence-electron chi connectivity index (χ0n) is 13.2. The van der Waals surface area contributed by atoms with E-state index in [0.29, 0.717) is 6.61 Å². The Balaban J connectivity index is 2.02. The minimum atomic E-state index is -0.396. The van der Waals surface area contributed by atoms with Gasteiger partial charge in [0.15, 0.2) is 0 Å². The Bertz CT molecular complexity index is 738. The Hall–Kier alpha value is -3.06. The average molecular weight is 306 g/mol. The zero-order chi connectivity index (χ0) is 16.7. The Morgan fingerprint density at radius 3 is 2.39 bits per heavy atom. The number of likely N-dealkylation sites (N-methyl/N-ethyl adjacent to an activating group) is 1. The van der Waals surface area contributed by atoms with Crippen LogP contribution >= 0.6 is 0 Å². The van der Waals surface area contributed by atoms with Crippen LogP contribution in [0.25, 0.3) is 6.08 Å². The highest BCUT2D eigenvalue weighted by molar-refractivity contribution is 6.01. The summed E-state index contributed by atoms with van der Waals surface area (Å²) < 4.78 is 5.72. The number of carbonyl (C=O) groups excluding carboxylic acids is 1. The summed E-state index contributed by atoms with van der Waals surface area (Å²) in [6.07, 6.45) is 1.54. The summed E-state index contributed by atoms with van der Waals surface area (Å²) in [5.41, 5.74) is 3.16. The van der Waals surface area contributed by atoms with E-state index in [1.54, 1.807) is 6.08 Å². The van der Waals surface area contributed by atoms with E-state index in [1.165, 1.54) is 12.6 Å². The second-order valence-electron chi connectivity index (χ2n) is 5.09. The highest BCUT2D eigenvalue weighted by Gasteiger charge is 2.06. The van der Waals surface area contributed by atoms with Gasteiger partial charge in [-0.3, -0.25) is 4.79 Å². The van der Waals surface area contributed by atoms with Crippen LogP contribution < -0.4 is 10.1 Å². The van der Waals surface area contributed by atoms with Crippen molar-refractivity contribution in [2.45, 2.75) is 13.5 Å². The molecule has 0 aliphatic rings. The maximum Gasteiger partial charge on any atom is 0.261 e. The van der Waals surface area contributed by atoms with Gasteiger partial charge >= 0.3 is 0 Å². The van der Waals surface area contributed by atoms with Crippen molar-refractivity contribution < 1.29 is 9.53 Å². The molecule has 0 aliphatic heterocycles. The number of carbonyl (C=O) groups is 1. The summed E-state index contributed by atoms with van der Waals surface area (Å²) in [5, 5.41) is 11.4. The molecule has 116 valence electrons. The molecule has 2 aromatic carbocycles. The SMILES string of the molecule is CNC(=O)/C(C#N)=C\c1ccc(OCc2ccc(C)cc2)cc1. The standard InChI is InChI=1S/C19H18N2O2/c1-14-3-5-16(6-4-14)13-23-18-9-7-15(8-10-18)11-17(12-20)19(22)21-2/h3-11H,13H2,1-2H3,(H,21,22)/b17-11-. The van der Waals surface area contributed by atoms with Crippen LogP contribution in [0.4, 0.5) is 0 Å². The summed E-state index contributed by atoms with van der Waals surface area (Å²) >= 11 is 0. The molecule has 0 radical (unpaired) electrons. The minimum absolute atomic E-state index is 0.0702. The molecule has 0 bridgehead atoms. The molecule has 0 fully saturated rings. The van der Waals surface area contributed by atoms with Gasteiger partial charge in [0.2, 0.25) is 0 Å². The number of nitrogens with one attached hydrogen (secondary N) is 1. The van der Waals surface area contributed by atoms with Crippen molar-refractivity contribution in [3.05, 3.63) is 70.8 Å². The van der Waals surface area contributed by atoms with Crippen LogP contribution in [0.2, 0.25) is 0 Å². The largest absolute Gasteiger partial charge is 0.489 e.